The number of carbonyl (C=O) groups excluding carboxylic acids is 1. The van der Waals surface area contributed by atoms with Crippen LogP contribution in [0.5, 0.6) is 0 Å². The first-order valence-electron chi connectivity index (χ1n) is 7.94. The highest BCUT2D eigenvalue weighted by Gasteiger charge is 2.30. The third-order valence-electron chi connectivity index (χ3n) is 3.95. The third-order valence-corrected chi connectivity index (χ3v) is 3.95. The lowest BCUT2D eigenvalue weighted by Crippen LogP contribution is -2.43. The lowest BCUT2D eigenvalue weighted by Gasteiger charge is -2.32. The molecule has 2 aromatic heterocycles. The highest BCUT2D eigenvalue weighted by molar-refractivity contribution is 5.92. The zero-order chi connectivity index (χ0) is 16.4. The minimum atomic E-state index is -0.214. The van der Waals surface area contributed by atoms with E-state index in [0.717, 1.165) is 30.1 Å². The second-order valence-corrected chi connectivity index (χ2v) is 5.89. The van der Waals surface area contributed by atoms with Gasteiger partial charge in [-0.1, -0.05) is 12.1 Å². The first-order valence-corrected chi connectivity index (χ1v) is 7.94. The highest BCUT2D eigenvalue weighted by Crippen LogP contribution is 2.22. The molecular weight excluding hydrogens is 296 g/mol. The number of aromatic nitrogens is 3. The number of ether oxygens (including phenoxy) is 1. The van der Waals surface area contributed by atoms with Crippen molar-refractivity contribution in [3.8, 4) is 0 Å². The summed E-state index contributed by atoms with van der Waals surface area (Å²) >= 11 is 0. The molecule has 1 fully saturated rings. The second kappa shape index (κ2) is 6.54. The smallest absolute Gasteiger partial charge is 0.276 e. The second-order valence-electron chi connectivity index (χ2n) is 5.89. The molecule has 1 aliphatic rings. The van der Waals surface area contributed by atoms with Gasteiger partial charge >= 0.3 is 0 Å². The van der Waals surface area contributed by atoms with E-state index >= 15 is 0 Å². The van der Waals surface area contributed by atoms with Gasteiger partial charge in [0.05, 0.1) is 18.8 Å². The molecule has 7 heteroatoms. The van der Waals surface area contributed by atoms with Gasteiger partial charge in [-0.25, -0.2) is 4.98 Å². The van der Waals surface area contributed by atoms with E-state index in [4.69, 9.17) is 9.26 Å². The Hall–Kier alpha value is -2.15. The lowest BCUT2D eigenvalue weighted by molar-refractivity contribution is -0.0282. The standard InChI is InChI=1S/C16H22N4O3/c1-4-5-12-8-13(18-23-12)16(21)20-6-7-22-14(10-20)15-17-11(2)9-19(15)3/h8-9,14H,4-7,10H2,1-3H3. The van der Waals surface area contributed by atoms with Crippen LogP contribution in [0.3, 0.4) is 0 Å². The largest absolute Gasteiger partial charge is 0.367 e. The molecule has 3 heterocycles. The van der Waals surface area contributed by atoms with Crippen molar-refractivity contribution in [1.29, 1.82) is 0 Å². The van der Waals surface area contributed by atoms with Crippen LogP contribution in [0.2, 0.25) is 0 Å². The van der Waals surface area contributed by atoms with Crippen LogP contribution in [0.1, 0.15) is 47.2 Å². The monoisotopic (exact) mass is 318 g/mol. The number of morpholine rings is 1. The van der Waals surface area contributed by atoms with Crippen molar-refractivity contribution in [2.45, 2.75) is 32.8 Å². The van der Waals surface area contributed by atoms with E-state index < -0.39 is 0 Å². The molecule has 0 N–H and O–H groups in total. The Kier molecular flexibility index (Phi) is 4.47. The van der Waals surface area contributed by atoms with Crippen LogP contribution < -0.4 is 0 Å². The van der Waals surface area contributed by atoms with Crippen molar-refractivity contribution >= 4 is 5.91 Å². The van der Waals surface area contributed by atoms with Crippen LogP contribution in [0, 0.1) is 6.92 Å². The molecule has 0 saturated carbocycles. The van der Waals surface area contributed by atoms with Crippen LogP contribution in [-0.2, 0) is 18.2 Å². The molecule has 0 aliphatic carbocycles. The van der Waals surface area contributed by atoms with E-state index in [1.807, 2.05) is 24.7 Å². The summed E-state index contributed by atoms with van der Waals surface area (Å²) in [5.41, 5.74) is 1.31. The van der Waals surface area contributed by atoms with E-state index in [1.165, 1.54) is 0 Å². The Balaban J connectivity index is 1.72. The van der Waals surface area contributed by atoms with E-state index in [1.54, 1.807) is 11.0 Å². The van der Waals surface area contributed by atoms with Crippen molar-refractivity contribution in [1.82, 2.24) is 19.6 Å². The van der Waals surface area contributed by atoms with Gasteiger partial charge in [0.25, 0.3) is 5.91 Å². The number of nitrogens with zero attached hydrogens (tertiary/aromatic N) is 4. The maximum absolute atomic E-state index is 12.6. The summed E-state index contributed by atoms with van der Waals surface area (Å²) in [5, 5.41) is 3.90. The maximum Gasteiger partial charge on any atom is 0.276 e. The number of aryl methyl sites for hydroxylation is 3. The van der Waals surface area contributed by atoms with Crippen molar-refractivity contribution in [3.05, 3.63) is 35.2 Å². The number of rotatable bonds is 4. The molecule has 1 atom stereocenters. The van der Waals surface area contributed by atoms with Gasteiger partial charge in [0.15, 0.2) is 5.69 Å². The van der Waals surface area contributed by atoms with Gasteiger partial charge < -0.3 is 18.7 Å². The molecule has 124 valence electrons. The Morgan fingerprint density at radius 3 is 3.00 bits per heavy atom. The maximum atomic E-state index is 12.6. The van der Waals surface area contributed by atoms with E-state index in [-0.39, 0.29) is 12.0 Å². The van der Waals surface area contributed by atoms with Crippen LogP contribution >= 0.6 is 0 Å². The van der Waals surface area contributed by atoms with Gasteiger partial charge in [0, 0.05) is 32.3 Å². The van der Waals surface area contributed by atoms with Crippen molar-refractivity contribution in [2.75, 3.05) is 19.7 Å². The van der Waals surface area contributed by atoms with Gasteiger partial charge in [-0.3, -0.25) is 4.79 Å². The molecule has 1 unspecified atom stereocenters. The first-order chi connectivity index (χ1) is 11.1. The zero-order valence-corrected chi connectivity index (χ0v) is 13.8. The summed E-state index contributed by atoms with van der Waals surface area (Å²) in [6, 6.07) is 1.74. The normalized spacial score (nSPS) is 18.4. The van der Waals surface area contributed by atoms with Crippen molar-refractivity contribution in [3.63, 3.8) is 0 Å². The molecule has 1 saturated heterocycles. The number of amides is 1. The molecule has 0 radical (unpaired) electrons. The summed E-state index contributed by atoms with van der Waals surface area (Å²) in [5.74, 6) is 1.47. The fourth-order valence-corrected chi connectivity index (χ4v) is 2.86. The summed E-state index contributed by atoms with van der Waals surface area (Å²) < 4.78 is 13.0. The quantitative estimate of drug-likeness (QED) is 0.860. The van der Waals surface area contributed by atoms with Crippen LogP contribution in [0.25, 0.3) is 0 Å². The van der Waals surface area contributed by atoms with Gasteiger partial charge in [-0.05, 0) is 13.3 Å². The van der Waals surface area contributed by atoms with Gasteiger partial charge in [-0.15, -0.1) is 0 Å². The number of imidazole rings is 1. The highest BCUT2D eigenvalue weighted by atomic mass is 16.5. The zero-order valence-electron chi connectivity index (χ0n) is 13.8. The lowest BCUT2D eigenvalue weighted by atomic mass is 10.2. The predicted octanol–water partition coefficient (Wildman–Crippen LogP) is 1.88. The van der Waals surface area contributed by atoms with Crippen molar-refractivity contribution < 1.29 is 14.1 Å². The number of hydrogen-bond acceptors (Lipinski definition) is 5. The molecule has 0 bridgehead atoms. The third kappa shape index (κ3) is 3.29. The van der Waals surface area contributed by atoms with Crippen molar-refractivity contribution in [2.24, 2.45) is 7.05 Å². The number of carbonyl (C=O) groups is 1. The average molecular weight is 318 g/mol. The van der Waals surface area contributed by atoms with E-state index in [2.05, 4.69) is 17.1 Å². The van der Waals surface area contributed by atoms with E-state index in [9.17, 15) is 4.79 Å². The Morgan fingerprint density at radius 2 is 2.30 bits per heavy atom. The molecule has 0 aromatic carbocycles. The fraction of sp³-hybridized carbons (Fsp3) is 0.562. The summed E-state index contributed by atoms with van der Waals surface area (Å²) in [4.78, 5) is 18.9. The summed E-state index contributed by atoms with van der Waals surface area (Å²) in [6.45, 7) is 5.52. The molecule has 1 aliphatic heterocycles. The predicted molar refractivity (Wildman–Crippen MR) is 83.0 cm³/mol. The molecular formula is C16H22N4O3. The minimum absolute atomic E-state index is 0.115. The van der Waals surface area contributed by atoms with Crippen LogP contribution in [0.15, 0.2) is 16.8 Å². The molecule has 3 rings (SSSR count). The fourth-order valence-electron chi connectivity index (χ4n) is 2.86. The van der Waals surface area contributed by atoms with Gasteiger partial charge in [0.1, 0.15) is 17.7 Å². The SMILES string of the molecule is CCCc1cc(C(=O)N2CCOC(c3nc(C)cn3C)C2)no1. The van der Waals surface area contributed by atoms with Gasteiger partial charge in [0.2, 0.25) is 0 Å². The molecule has 23 heavy (non-hydrogen) atoms. The number of hydrogen-bond donors (Lipinski definition) is 0. The molecule has 1 amide bonds. The minimum Gasteiger partial charge on any atom is -0.367 e. The topological polar surface area (TPSA) is 73.4 Å². The Morgan fingerprint density at radius 1 is 1.48 bits per heavy atom. The van der Waals surface area contributed by atoms with Crippen LogP contribution in [-0.4, -0.2) is 45.2 Å². The molecule has 2 aromatic rings. The first kappa shape index (κ1) is 15.7. The van der Waals surface area contributed by atoms with Crippen LogP contribution in [0.4, 0.5) is 0 Å². The molecule has 7 nitrogen and oxygen atoms in total. The summed E-state index contributed by atoms with van der Waals surface area (Å²) in [6.07, 6.45) is 3.49. The Bertz CT molecular complexity index is 691. The van der Waals surface area contributed by atoms with E-state index in [0.29, 0.717) is 25.4 Å². The average Bonchev–Trinajstić information content (AvgIpc) is 3.13. The van der Waals surface area contributed by atoms with Gasteiger partial charge in [-0.2, -0.15) is 0 Å². The molecule has 0 spiro atoms. The summed E-state index contributed by atoms with van der Waals surface area (Å²) in [7, 11) is 1.94. The Labute approximate surface area is 135 Å².